The van der Waals surface area contributed by atoms with E-state index in [4.69, 9.17) is 0 Å². The lowest BCUT2D eigenvalue weighted by Gasteiger charge is -2.32. The van der Waals surface area contributed by atoms with Crippen LogP contribution >= 0.6 is 0 Å². The molecule has 5 rings (SSSR count). The molecule has 1 saturated heterocycles. The molecule has 4 aromatic rings. The van der Waals surface area contributed by atoms with Crippen molar-refractivity contribution in [2.45, 2.75) is 37.1 Å². The van der Waals surface area contributed by atoms with Crippen LogP contribution in [0.1, 0.15) is 31.4 Å². The summed E-state index contributed by atoms with van der Waals surface area (Å²) in [7, 11) is -1.30. The van der Waals surface area contributed by atoms with Gasteiger partial charge in [-0.25, -0.2) is 28.7 Å². The van der Waals surface area contributed by atoms with Crippen LogP contribution in [0.5, 0.6) is 0 Å². The molecule has 1 unspecified atom stereocenters. The van der Waals surface area contributed by atoms with E-state index >= 15 is 4.39 Å². The zero-order chi connectivity index (χ0) is 24.5. The van der Waals surface area contributed by atoms with E-state index in [0.717, 1.165) is 37.9 Å². The SMILES string of the molecule is CCc1cnc(N2CCC(n3cc(F)c4c(Nc5ccc(S(C)=O)cc5F)ncnc43)CC2)nc1. The van der Waals surface area contributed by atoms with Crippen molar-refractivity contribution in [2.75, 3.05) is 29.6 Å². The molecule has 1 aromatic carbocycles. The summed E-state index contributed by atoms with van der Waals surface area (Å²) in [6, 6.07) is 4.28. The molecule has 1 aliphatic rings. The predicted octanol–water partition coefficient (Wildman–Crippen LogP) is 4.38. The largest absolute Gasteiger partial charge is 0.341 e. The highest BCUT2D eigenvalue weighted by Gasteiger charge is 2.26. The Kier molecular flexibility index (Phi) is 6.42. The first-order chi connectivity index (χ1) is 16.9. The fraction of sp³-hybridized carbons (Fsp3) is 0.333. The zero-order valence-corrected chi connectivity index (χ0v) is 20.2. The number of aromatic nitrogens is 5. The quantitative estimate of drug-likeness (QED) is 0.423. The number of anilines is 3. The fourth-order valence-corrected chi connectivity index (χ4v) is 4.88. The molecule has 1 N–H and O–H groups in total. The topological polar surface area (TPSA) is 88.8 Å². The summed E-state index contributed by atoms with van der Waals surface area (Å²) in [5, 5.41) is 3.08. The summed E-state index contributed by atoms with van der Waals surface area (Å²) in [5.74, 6) is -0.183. The van der Waals surface area contributed by atoms with E-state index in [1.54, 1.807) is 6.07 Å². The third-order valence-corrected chi connectivity index (χ3v) is 7.25. The van der Waals surface area contributed by atoms with Gasteiger partial charge in [-0.15, -0.1) is 0 Å². The normalized spacial score (nSPS) is 15.5. The first-order valence-corrected chi connectivity index (χ1v) is 13.0. The number of nitrogens with one attached hydrogen (secondary N) is 1. The van der Waals surface area contributed by atoms with Crippen LogP contribution < -0.4 is 10.2 Å². The molecule has 11 heteroatoms. The highest BCUT2D eigenvalue weighted by atomic mass is 32.2. The lowest BCUT2D eigenvalue weighted by Crippen LogP contribution is -2.35. The third-order valence-electron chi connectivity index (χ3n) is 6.33. The maximum Gasteiger partial charge on any atom is 0.225 e. The average molecular weight is 498 g/mol. The molecule has 1 atom stereocenters. The van der Waals surface area contributed by atoms with E-state index in [9.17, 15) is 8.60 Å². The van der Waals surface area contributed by atoms with E-state index < -0.39 is 22.4 Å². The molecule has 0 saturated carbocycles. The summed E-state index contributed by atoms with van der Waals surface area (Å²) in [4.78, 5) is 19.9. The first kappa shape index (κ1) is 23.3. The van der Waals surface area contributed by atoms with Gasteiger partial charge in [0.2, 0.25) is 5.95 Å². The van der Waals surface area contributed by atoms with Gasteiger partial charge in [-0.05, 0) is 43.0 Å². The van der Waals surface area contributed by atoms with Gasteiger partial charge < -0.3 is 14.8 Å². The lowest BCUT2D eigenvalue weighted by molar-refractivity contribution is 0.398. The number of hydrogen-bond acceptors (Lipinski definition) is 7. The highest BCUT2D eigenvalue weighted by Crippen LogP contribution is 2.33. The molecule has 0 radical (unpaired) electrons. The summed E-state index contributed by atoms with van der Waals surface area (Å²) in [6.07, 6.45) is 10.4. The van der Waals surface area contributed by atoms with Gasteiger partial charge in [0.15, 0.2) is 5.82 Å². The zero-order valence-electron chi connectivity index (χ0n) is 19.4. The van der Waals surface area contributed by atoms with Crippen LogP contribution in [-0.2, 0) is 17.2 Å². The van der Waals surface area contributed by atoms with Gasteiger partial charge in [0, 0.05) is 59.7 Å². The summed E-state index contributed by atoms with van der Waals surface area (Å²) in [6.45, 7) is 3.55. The van der Waals surface area contributed by atoms with Crippen molar-refractivity contribution in [3.8, 4) is 0 Å². The number of fused-ring (bicyclic) bond motifs is 1. The Balaban J connectivity index is 1.37. The van der Waals surface area contributed by atoms with Gasteiger partial charge in [0.1, 0.15) is 23.6 Å². The maximum absolute atomic E-state index is 15.1. The Morgan fingerprint density at radius 2 is 1.83 bits per heavy atom. The minimum absolute atomic E-state index is 0.0477. The van der Waals surface area contributed by atoms with Crippen molar-refractivity contribution < 1.29 is 13.0 Å². The van der Waals surface area contributed by atoms with Gasteiger partial charge in [-0.2, -0.15) is 0 Å². The van der Waals surface area contributed by atoms with E-state index in [0.29, 0.717) is 16.5 Å². The molecule has 35 heavy (non-hydrogen) atoms. The van der Waals surface area contributed by atoms with Crippen LogP contribution in [-0.4, -0.2) is 48.1 Å². The molecule has 0 spiro atoms. The number of hydrogen-bond donors (Lipinski definition) is 1. The Hall–Kier alpha value is -3.47. The van der Waals surface area contributed by atoms with Gasteiger partial charge in [-0.1, -0.05) is 6.92 Å². The van der Waals surface area contributed by atoms with Crippen LogP contribution in [0.3, 0.4) is 0 Å². The molecule has 182 valence electrons. The van der Waals surface area contributed by atoms with E-state index in [1.807, 2.05) is 17.0 Å². The molecular weight excluding hydrogens is 472 g/mol. The standard InChI is InChI=1S/C24H25F2N7OS/c1-3-15-11-27-24(28-12-15)32-8-6-16(7-9-32)33-13-19(26)21-22(29-14-30-23(21)33)31-20-5-4-17(35(2)34)10-18(20)25/h4-5,10-14,16H,3,6-9H2,1-2H3,(H,29,30,31). The molecule has 3 aromatic heterocycles. The number of benzene rings is 1. The van der Waals surface area contributed by atoms with Crippen molar-refractivity contribution in [1.29, 1.82) is 0 Å². The van der Waals surface area contributed by atoms with Crippen molar-refractivity contribution in [3.05, 3.63) is 60.3 Å². The molecule has 8 nitrogen and oxygen atoms in total. The van der Waals surface area contributed by atoms with Crippen LogP contribution in [0.2, 0.25) is 0 Å². The number of piperidine rings is 1. The Labute approximate surface area is 203 Å². The Morgan fingerprint density at radius 1 is 1.09 bits per heavy atom. The van der Waals surface area contributed by atoms with Crippen molar-refractivity contribution >= 4 is 39.3 Å². The minimum atomic E-state index is -1.30. The maximum atomic E-state index is 15.1. The molecule has 0 bridgehead atoms. The third kappa shape index (κ3) is 4.60. The summed E-state index contributed by atoms with van der Waals surface area (Å²) < 4.78 is 43.1. The van der Waals surface area contributed by atoms with Crippen molar-refractivity contribution in [3.63, 3.8) is 0 Å². The number of aryl methyl sites for hydroxylation is 1. The molecule has 0 amide bonds. The second-order valence-electron chi connectivity index (χ2n) is 8.49. The van der Waals surface area contributed by atoms with Gasteiger partial charge in [0.05, 0.1) is 11.1 Å². The van der Waals surface area contributed by atoms with Gasteiger partial charge in [-0.3, -0.25) is 4.21 Å². The van der Waals surface area contributed by atoms with Crippen LogP contribution in [0.4, 0.5) is 26.2 Å². The van der Waals surface area contributed by atoms with Crippen LogP contribution in [0.15, 0.2) is 48.0 Å². The smallest absolute Gasteiger partial charge is 0.225 e. The van der Waals surface area contributed by atoms with Crippen LogP contribution in [0, 0.1) is 11.6 Å². The summed E-state index contributed by atoms with van der Waals surface area (Å²) >= 11 is 0. The van der Waals surface area contributed by atoms with Crippen LogP contribution in [0.25, 0.3) is 11.0 Å². The molecule has 0 aliphatic carbocycles. The van der Waals surface area contributed by atoms with E-state index in [-0.39, 0.29) is 22.9 Å². The fourth-order valence-electron chi connectivity index (χ4n) is 4.35. The number of rotatable bonds is 6. The van der Waals surface area contributed by atoms with E-state index in [2.05, 4.69) is 37.1 Å². The Morgan fingerprint density at radius 3 is 2.49 bits per heavy atom. The van der Waals surface area contributed by atoms with Gasteiger partial charge >= 0.3 is 0 Å². The Bertz CT molecular complexity index is 1380. The van der Waals surface area contributed by atoms with Crippen molar-refractivity contribution in [1.82, 2.24) is 24.5 Å². The average Bonchev–Trinajstić information content (AvgIpc) is 3.22. The summed E-state index contributed by atoms with van der Waals surface area (Å²) in [5.41, 5.74) is 1.67. The minimum Gasteiger partial charge on any atom is -0.341 e. The second-order valence-corrected chi connectivity index (χ2v) is 9.87. The second kappa shape index (κ2) is 9.65. The number of halogens is 2. The predicted molar refractivity (Wildman–Crippen MR) is 131 cm³/mol. The first-order valence-electron chi connectivity index (χ1n) is 11.4. The molecule has 1 aliphatic heterocycles. The molecular formula is C24H25F2N7OS. The molecule has 1 fully saturated rings. The van der Waals surface area contributed by atoms with Gasteiger partial charge in [0.25, 0.3) is 0 Å². The molecule has 4 heterocycles. The number of nitrogens with zero attached hydrogens (tertiary/aromatic N) is 6. The monoisotopic (exact) mass is 497 g/mol. The van der Waals surface area contributed by atoms with Crippen molar-refractivity contribution in [2.24, 2.45) is 0 Å². The lowest BCUT2D eigenvalue weighted by atomic mass is 10.1. The highest BCUT2D eigenvalue weighted by molar-refractivity contribution is 7.84. The van der Waals surface area contributed by atoms with E-state index in [1.165, 1.54) is 30.9 Å².